The first-order chi connectivity index (χ1) is 11.3. The Morgan fingerprint density at radius 1 is 0.652 bits per heavy atom. The minimum absolute atomic E-state index is 0.0669. The van der Waals surface area contributed by atoms with E-state index in [2.05, 4.69) is 23.2 Å². The number of hydrogen-bond acceptors (Lipinski definition) is 1. The van der Waals surface area contributed by atoms with E-state index < -0.39 is 0 Å². The lowest BCUT2D eigenvalue weighted by atomic mass is 9.93. The lowest BCUT2D eigenvalue weighted by molar-refractivity contribution is 1.24. The molecule has 110 valence electrons. The fourth-order valence-electron chi connectivity index (χ4n) is 3.05. The fraction of sp³-hybridized carbons (Fsp3) is 0. The standard InChI is InChI=1S/C21H15NO/c23-21-20(18(13-14-22-21)16-7-2-1-3-8-16)19-12-6-10-15-9-4-5-11-17(15)19/h1-14H,(H,22,23). The topological polar surface area (TPSA) is 32.9 Å². The zero-order chi connectivity index (χ0) is 15.6. The van der Waals surface area contributed by atoms with Crippen LogP contribution in [0.2, 0.25) is 0 Å². The molecule has 0 atom stereocenters. The Morgan fingerprint density at radius 3 is 2.26 bits per heavy atom. The lowest BCUT2D eigenvalue weighted by Crippen LogP contribution is -2.09. The molecule has 4 rings (SSSR count). The highest BCUT2D eigenvalue weighted by Gasteiger charge is 2.13. The van der Waals surface area contributed by atoms with Gasteiger partial charge < -0.3 is 4.98 Å². The third kappa shape index (κ3) is 2.34. The van der Waals surface area contributed by atoms with Crippen LogP contribution in [0, 0.1) is 0 Å². The summed E-state index contributed by atoms with van der Waals surface area (Å²) in [5.41, 5.74) is 3.61. The van der Waals surface area contributed by atoms with Gasteiger partial charge in [-0.2, -0.15) is 0 Å². The van der Waals surface area contributed by atoms with E-state index >= 15 is 0 Å². The zero-order valence-electron chi connectivity index (χ0n) is 12.5. The first-order valence-corrected chi connectivity index (χ1v) is 7.60. The molecule has 0 fully saturated rings. The van der Waals surface area contributed by atoms with Gasteiger partial charge in [0.15, 0.2) is 0 Å². The van der Waals surface area contributed by atoms with Gasteiger partial charge in [-0.25, -0.2) is 0 Å². The number of pyridine rings is 1. The number of H-pyrrole nitrogens is 1. The van der Waals surface area contributed by atoms with Gasteiger partial charge in [0.2, 0.25) is 0 Å². The molecule has 2 nitrogen and oxygen atoms in total. The predicted molar refractivity (Wildman–Crippen MR) is 95.4 cm³/mol. The zero-order valence-corrected chi connectivity index (χ0v) is 12.5. The maximum Gasteiger partial charge on any atom is 0.256 e. The number of aromatic amines is 1. The van der Waals surface area contributed by atoms with Crippen LogP contribution < -0.4 is 5.56 Å². The van der Waals surface area contributed by atoms with E-state index in [9.17, 15) is 4.79 Å². The van der Waals surface area contributed by atoms with Crippen molar-refractivity contribution in [3.63, 3.8) is 0 Å². The summed E-state index contributed by atoms with van der Waals surface area (Å²) in [5, 5.41) is 2.22. The van der Waals surface area contributed by atoms with Crippen molar-refractivity contribution in [2.75, 3.05) is 0 Å². The number of benzene rings is 3. The Morgan fingerprint density at radius 2 is 1.39 bits per heavy atom. The predicted octanol–water partition coefficient (Wildman–Crippen LogP) is 4.86. The molecule has 4 aromatic rings. The van der Waals surface area contributed by atoms with Crippen LogP contribution in [0.3, 0.4) is 0 Å². The third-order valence-electron chi connectivity index (χ3n) is 4.10. The number of fused-ring (bicyclic) bond motifs is 1. The van der Waals surface area contributed by atoms with E-state index in [1.54, 1.807) is 6.20 Å². The maximum absolute atomic E-state index is 12.6. The summed E-state index contributed by atoms with van der Waals surface area (Å²) < 4.78 is 0. The Hall–Kier alpha value is -3.13. The van der Waals surface area contributed by atoms with Crippen LogP contribution in [-0.2, 0) is 0 Å². The average molecular weight is 297 g/mol. The van der Waals surface area contributed by atoms with E-state index in [0.29, 0.717) is 0 Å². The van der Waals surface area contributed by atoms with Gasteiger partial charge in [0, 0.05) is 6.20 Å². The minimum Gasteiger partial charge on any atom is -0.329 e. The molecule has 1 aromatic heterocycles. The molecule has 0 radical (unpaired) electrons. The number of hydrogen-bond donors (Lipinski definition) is 1. The molecule has 0 saturated heterocycles. The average Bonchev–Trinajstić information content (AvgIpc) is 2.62. The SMILES string of the molecule is O=c1[nH]ccc(-c2ccccc2)c1-c1cccc2ccccc12. The smallest absolute Gasteiger partial charge is 0.256 e. The molecule has 2 heteroatoms. The van der Waals surface area contributed by atoms with E-state index in [1.165, 1.54) is 0 Å². The van der Waals surface area contributed by atoms with E-state index in [-0.39, 0.29) is 5.56 Å². The summed E-state index contributed by atoms with van der Waals surface area (Å²) in [6.45, 7) is 0. The Bertz CT molecular complexity index is 1030. The molecule has 0 unspecified atom stereocenters. The van der Waals surface area contributed by atoms with Gasteiger partial charge in [-0.15, -0.1) is 0 Å². The molecule has 0 spiro atoms. The van der Waals surface area contributed by atoms with Crippen LogP contribution in [0.5, 0.6) is 0 Å². The van der Waals surface area contributed by atoms with Crippen LogP contribution in [0.15, 0.2) is 89.9 Å². The lowest BCUT2D eigenvalue weighted by Gasteiger charge is -2.11. The Kier molecular flexibility index (Phi) is 3.28. The monoisotopic (exact) mass is 297 g/mol. The number of rotatable bonds is 2. The third-order valence-corrected chi connectivity index (χ3v) is 4.10. The molecular weight excluding hydrogens is 282 g/mol. The molecular formula is C21H15NO. The molecule has 0 aliphatic heterocycles. The van der Waals surface area contributed by atoms with Gasteiger partial charge in [-0.1, -0.05) is 72.8 Å². The number of nitrogens with one attached hydrogen (secondary N) is 1. The van der Waals surface area contributed by atoms with Gasteiger partial charge in [-0.05, 0) is 33.5 Å². The molecule has 23 heavy (non-hydrogen) atoms. The molecule has 0 amide bonds. The minimum atomic E-state index is -0.0669. The van der Waals surface area contributed by atoms with Crippen molar-refractivity contribution in [1.29, 1.82) is 0 Å². The summed E-state index contributed by atoms with van der Waals surface area (Å²) in [4.78, 5) is 15.4. The van der Waals surface area contributed by atoms with Gasteiger partial charge in [0.05, 0.1) is 5.56 Å². The van der Waals surface area contributed by atoms with Gasteiger partial charge in [0.25, 0.3) is 5.56 Å². The van der Waals surface area contributed by atoms with Crippen molar-refractivity contribution in [3.8, 4) is 22.3 Å². The normalized spacial score (nSPS) is 10.8. The molecule has 3 aromatic carbocycles. The maximum atomic E-state index is 12.6. The van der Waals surface area contributed by atoms with Crippen molar-refractivity contribution in [2.24, 2.45) is 0 Å². The van der Waals surface area contributed by atoms with Crippen molar-refractivity contribution in [3.05, 3.63) is 95.4 Å². The van der Waals surface area contributed by atoms with E-state index in [0.717, 1.165) is 33.0 Å². The Labute approximate surface area is 134 Å². The second-order valence-corrected chi connectivity index (χ2v) is 5.49. The largest absolute Gasteiger partial charge is 0.329 e. The second kappa shape index (κ2) is 5.58. The fourth-order valence-corrected chi connectivity index (χ4v) is 3.05. The summed E-state index contributed by atoms with van der Waals surface area (Å²) in [5.74, 6) is 0. The Balaban J connectivity index is 2.08. The molecule has 0 aliphatic rings. The molecule has 0 bridgehead atoms. The van der Waals surface area contributed by atoms with Crippen LogP contribution >= 0.6 is 0 Å². The van der Waals surface area contributed by atoms with Crippen LogP contribution in [-0.4, -0.2) is 4.98 Å². The van der Waals surface area contributed by atoms with Gasteiger partial charge in [-0.3, -0.25) is 4.79 Å². The summed E-state index contributed by atoms with van der Waals surface area (Å²) >= 11 is 0. The van der Waals surface area contributed by atoms with Crippen LogP contribution in [0.1, 0.15) is 0 Å². The van der Waals surface area contributed by atoms with Crippen molar-refractivity contribution >= 4 is 10.8 Å². The van der Waals surface area contributed by atoms with Gasteiger partial charge >= 0.3 is 0 Å². The molecule has 0 saturated carbocycles. The van der Waals surface area contributed by atoms with Crippen molar-refractivity contribution in [2.45, 2.75) is 0 Å². The number of aromatic nitrogens is 1. The highest BCUT2D eigenvalue weighted by atomic mass is 16.1. The molecule has 1 N–H and O–H groups in total. The van der Waals surface area contributed by atoms with Crippen LogP contribution in [0.4, 0.5) is 0 Å². The van der Waals surface area contributed by atoms with E-state index in [4.69, 9.17) is 0 Å². The van der Waals surface area contributed by atoms with Crippen LogP contribution in [0.25, 0.3) is 33.0 Å². The summed E-state index contributed by atoms with van der Waals surface area (Å²) in [6.07, 6.45) is 1.71. The first kappa shape index (κ1) is 13.5. The summed E-state index contributed by atoms with van der Waals surface area (Å²) in [7, 11) is 0. The van der Waals surface area contributed by atoms with Crippen molar-refractivity contribution < 1.29 is 0 Å². The summed E-state index contributed by atoms with van der Waals surface area (Å²) in [6, 6.07) is 26.2. The second-order valence-electron chi connectivity index (χ2n) is 5.49. The highest BCUT2D eigenvalue weighted by Crippen LogP contribution is 2.33. The molecule has 0 aliphatic carbocycles. The molecule has 1 heterocycles. The van der Waals surface area contributed by atoms with Crippen molar-refractivity contribution in [1.82, 2.24) is 4.98 Å². The van der Waals surface area contributed by atoms with E-state index in [1.807, 2.05) is 60.7 Å². The quantitative estimate of drug-likeness (QED) is 0.563. The van der Waals surface area contributed by atoms with Gasteiger partial charge in [0.1, 0.15) is 0 Å². The highest BCUT2D eigenvalue weighted by molar-refractivity contribution is 6.00. The first-order valence-electron chi connectivity index (χ1n) is 7.60.